The van der Waals surface area contributed by atoms with Gasteiger partial charge in [-0.05, 0) is 31.4 Å². The number of nitrogens with zero attached hydrogens (tertiary/aromatic N) is 3. The zero-order valence-electron chi connectivity index (χ0n) is 15.5. The van der Waals surface area contributed by atoms with E-state index in [2.05, 4.69) is 20.6 Å². The summed E-state index contributed by atoms with van der Waals surface area (Å²) in [5, 5.41) is 6.01. The minimum Gasteiger partial charge on any atom is -0.383 e. The molecule has 1 atom stereocenters. The zero-order chi connectivity index (χ0) is 20.5. The van der Waals surface area contributed by atoms with Gasteiger partial charge < -0.3 is 21.3 Å². The Hall–Kier alpha value is -2.58. The van der Waals surface area contributed by atoms with E-state index in [0.29, 0.717) is 22.2 Å². The molecule has 4 rings (SSSR count). The molecule has 4 N–H and O–H groups in total. The second kappa shape index (κ2) is 8.04. The van der Waals surface area contributed by atoms with E-state index in [1.807, 2.05) is 4.90 Å². The van der Waals surface area contributed by atoms with E-state index in [4.69, 9.17) is 28.9 Å². The highest BCUT2D eigenvalue weighted by Crippen LogP contribution is 2.38. The molecule has 0 saturated carbocycles. The van der Waals surface area contributed by atoms with Gasteiger partial charge in [0.25, 0.3) is 0 Å². The lowest BCUT2D eigenvalue weighted by Gasteiger charge is -2.30. The average molecular weight is 435 g/mol. The number of anilines is 4. The SMILES string of the molecule is Nc1nc(N2CCCCC2)nc2c1[C@H](C(=O)Nc1cccc(Cl)c1Cl)CC(=O)N2. The maximum absolute atomic E-state index is 13.0. The number of carbonyl (C=O) groups is 2. The van der Waals surface area contributed by atoms with Crippen molar-refractivity contribution < 1.29 is 9.59 Å². The number of nitrogen functional groups attached to an aromatic ring is 1. The minimum atomic E-state index is -0.829. The number of benzene rings is 1. The summed E-state index contributed by atoms with van der Waals surface area (Å²) in [7, 11) is 0. The van der Waals surface area contributed by atoms with Gasteiger partial charge >= 0.3 is 0 Å². The fraction of sp³-hybridized carbons (Fsp3) is 0.368. The molecule has 1 aromatic heterocycles. The lowest BCUT2D eigenvalue weighted by atomic mass is 9.92. The molecule has 0 aliphatic carbocycles. The van der Waals surface area contributed by atoms with E-state index in [0.717, 1.165) is 25.9 Å². The summed E-state index contributed by atoms with van der Waals surface area (Å²) < 4.78 is 0. The van der Waals surface area contributed by atoms with Crippen molar-refractivity contribution in [2.24, 2.45) is 0 Å². The van der Waals surface area contributed by atoms with Crippen molar-refractivity contribution in [1.29, 1.82) is 0 Å². The summed E-state index contributed by atoms with van der Waals surface area (Å²) in [5.74, 6) is -0.618. The Labute approximate surface area is 177 Å². The second-order valence-corrected chi connectivity index (χ2v) is 7.90. The fourth-order valence-corrected chi connectivity index (χ4v) is 4.01. The van der Waals surface area contributed by atoms with Gasteiger partial charge in [-0.1, -0.05) is 29.3 Å². The first-order valence-corrected chi connectivity index (χ1v) is 10.2. The van der Waals surface area contributed by atoms with Crippen molar-refractivity contribution in [1.82, 2.24) is 9.97 Å². The molecule has 3 heterocycles. The quantitative estimate of drug-likeness (QED) is 0.681. The Morgan fingerprint density at radius 1 is 1.21 bits per heavy atom. The number of rotatable bonds is 3. The van der Waals surface area contributed by atoms with Crippen LogP contribution in [0.25, 0.3) is 0 Å². The Kier molecular flexibility index (Phi) is 5.47. The number of fused-ring (bicyclic) bond motifs is 1. The van der Waals surface area contributed by atoms with Crippen molar-refractivity contribution in [3.05, 3.63) is 33.8 Å². The number of carbonyl (C=O) groups excluding carboxylic acids is 2. The van der Waals surface area contributed by atoms with Gasteiger partial charge in [0.1, 0.15) is 11.6 Å². The summed E-state index contributed by atoms with van der Waals surface area (Å²) in [5.41, 5.74) is 6.99. The molecule has 0 unspecified atom stereocenters. The normalized spacial score (nSPS) is 18.8. The molecule has 2 aromatic rings. The topological polar surface area (TPSA) is 113 Å². The number of nitrogens with two attached hydrogens (primary N) is 1. The standard InChI is InChI=1S/C19H20Cl2N6O2/c20-11-5-4-6-12(15(11)21)23-18(29)10-9-13(28)24-17-14(10)16(22)25-19(26-17)27-7-2-1-3-8-27/h4-6,10H,1-3,7-9H2,(H,23,29)(H3,22,24,25,26,28)/t10-/m1/s1. The van der Waals surface area contributed by atoms with E-state index in [1.165, 1.54) is 6.42 Å². The number of piperidine rings is 1. The highest BCUT2D eigenvalue weighted by Gasteiger charge is 2.35. The Bertz CT molecular complexity index is 977. The van der Waals surface area contributed by atoms with Crippen LogP contribution in [0.4, 0.5) is 23.3 Å². The lowest BCUT2D eigenvalue weighted by Crippen LogP contribution is -2.35. The Morgan fingerprint density at radius 2 is 1.97 bits per heavy atom. The van der Waals surface area contributed by atoms with E-state index in [1.54, 1.807) is 18.2 Å². The van der Waals surface area contributed by atoms with Gasteiger partial charge in [0, 0.05) is 19.5 Å². The van der Waals surface area contributed by atoms with Gasteiger partial charge in [-0.3, -0.25) is 9.59 Å². The first kappa shape index (κ1) is 19.7. The molecular weight excluding hydrogens is 415 g/mol. The third-order valence-corrected chi connectivity index (χ3v) is 5.94. The van der Waals surface area contributed by atoms with Gasteiger partial charge in [0.05, 0.1) is 27.2 Å². The predicted octanol–water partition coefficient (Wildman–Crippen LogP) is 3.42. The minimum absolute atomic E-state index is 0.0619. The van der Waals surface area contributed by atoms with Gasteiger partial charge in [-0.25, -0.2) is 0 Å². The van der Waals surface area contributed by atoms with E-state index in [9.17, 15) is 9.59 Å². The first-order valence-electron chi connectivity index (χ1n) is 9.41. The number of hydrogen-bond acceptors (Lipinski definition) is 6. The van der Waals surface area contributed by atoms with Crippen LogP contribution >= 0.6 is 23.2 Å². The molecule has 1 saturated heterocycles. The number of nitrogens with one attached hydrogen (secondary N) is 2. The molecular formula is C19H20Cl2N6O2. The molecule has 2 aliphatic rings. The number of aromatic nitrogens is 2. The second-order valence-electron chi connectivity index (χ2n) is 7.11. The molecule has 2 aliphatic heterocycles. The number of hydrogen-bond donors (Lipinski definition) is 3. The van der Waals surface area contributed by atoms with Gasteiger partial charge in [-0.2, -0.15) is 9.97 Å². The molecule has 2 amide bonds. The fourth-order valence-electron chi connectivity index (χ4n) is 3.66. The Morgan fingerprint density at radius 3 is 2.72 bits per heavy atom. The van der Waals surface area contributed by atoms with Gasteiger partial charge in [0.2, 0.25) is 17.8 Å². The number of amides is 2. The maximum atomic E-state index is 13.0. The molecule has 10 heteroatoms. The van der Waals surface area contributed by atoms with Crippen LogP contribution in [0.15, 0.2) is 18.2 Å². The van der Waals surface area contributed by atoms with E-state index >= 15 is 0 Å². The molecule has 0 spiro atoms. The van der Waals surface area contributed by atoms with Crippen molar-refractivity contribution >= 4 is 58.3 Å². The molecule has 1 aromatic carbocycles. The lowest BCUT2D eigenvalue weighted by molar-refractivity contribution is -0.123. The molecule has 0 bridgehead atoms. The van der Waals surface area contributed by atoms with Gasteiger partial charge in [-0.15, -0.1) is 0 Å². The molecule has 0 radical (unpaired) electrons. The highest BCUT2D eigenvalue weighted by atomic mass is 35.5. The van der Waals surface area contributed by atoms with Crippen LogP contribution < -0.4 is 21.3 Å². The summed E-state index contributed by atoms with van der Waals surface area (Å²) in [6.07, 6.45) is 3.21. The van der Waals surface area contributed by atoms with Crippen molar-refractivity contribution in [2.75, 3.05) is 34.4 Å². The van der Waals surface area contributed by atoms with Crippen molar-refractivity contribution in [2.45, 2.75) is 31.6 Å². The third-order valence-electron chi connectivity index (χ3n) is 5.12. The average Bonchev–Trinajstić information content (AvgIpc) is 2.71. The van der Waals surface area contributed by atoms with Crippen LogP contribution in [0.2, 0.25) is 10.0 Å². The maximum Gasteiger partial charge on any atom is 0.232 e. The predicted molar refractivity (Wildman–Crippen MR) is 114 cm³/mol. The monoisotopic (exact) mass is 434 g/mol. The first-order chi connectivity index (χ1) is 13.9. The smallest absolute Gasteiger partial charge is 0.232 e. The van der Waals surface area contributed by atoms with Crippen LogP contribution in [0.3, 0.4) is 0 Å². The molecule has 29 heavy (non-hydrogen) atoms. The largest absolute Gasteiger partial charge is 0.383 e. The van der Waals surface area contributed by atoms with Crippen LogP contribution in [0.5, 0.6) is 0 Å². The van der Waals surface area contributed by atoms with Crippen molar-refractivity contribution in [3.63, 3.8) is 0 Å². The Balaban J connectivity index is 1.65. The van der Waals surface area contributed by atoms with Crippen LogP contribution in [0, 0.1) is 0 Å². The van der Waals surface area contributed by atoms with Gasteiger partial charge in [0.15, 0.2) is 0 Å². The molecule has 152 valence electrons. The van der Waals surface area contributed by atoms with Crippen LogP contribution in [0.1, 0.15) is 37.2 Å². The van der Waals surface area contributed by atoms with E-state index in [-0.39, 0.29) is 29.0 Å². The van der Waals surface area contributed by atoms with Crippen LogP contribution in [-0.2, 0) is 9.59 Å². The molecule has 8 nitrogen and oxygen atoms in total. The summed E-state index contributed by atoms with van der Waals surface area (Å²) in [4.78, 5) is 36.2. The highest BCUT2D eigenvalue weighted by molar-refractivity contribution is 6.44. The van der Waals surface area contributed by atoms with Crippen LogP contribution in [-0.4, -0.2) is 34.9 Å². The summed E-state index contributed by atoms with van der Waals surface area (Å²) in [6.45, 7) is 1.67. The zero-order valence-corrected chi connectivity index (χ0v) is 17.1. The summed E-state index contributed by atoms with van der Waals surface area (Å²) >= 11 is 12.2. The van der Waals surface area contributed by atoms with Crippen molar-refractivity contribution in [3.8, 4) is 0 Å². The number of halogens is 2. The third kappa shape index (κ3) is 3.95. The molecule has 1 fully saturated rings. The summed E-state index contributed by atoms with van der Waals surface area (Å²) in [6, 6.07) is 4.93. The van der Waals surface area contributed by atoms with E-state index < -0.39 is 11.8 Å².